The topological polar surface area (TPSA) is 56.7 Å². The number of aromatic nitrogens is 3. The molecule has 0 saturated heterocycles. The molecule has 3 rings (SSSR count). The van der Waals surface area contributed by atoms with Gasteiger partial charge in [0.15, 0.2) is 0 Å². The zero-order valence-corrected chi connectivity index (χ0v) is 11.9. The van der Waals surface area contributed by atoms with Crippen LogP contribution in [0.15, 0.2) is 43.0 Å². The van der Waals surface area contributed by atoms with Crippen LogP contribution in [0, 0.1) is 6.92 Å². The second-order valence-electron chi connectivity index (χ2n) is 4.78. The lowest BCUT2D eigenvalue weighted by Crippen LogP contribution is -2.08. The molecule has 2 aromatic heterocycles. The maximum absolute atomic E-state index is 5.77. The number of benzene rings is 1. The summed E-state index contributed by atoms with van der Waals surface area (Å²) in [6.07, 6.45) is 5.24. The molecule has 0 aliphatic rings. The fourth-order valence-corrected chi connectivity index (χ4v) is 2.52. The smallest absolute Gasteiger partial charge is 0.144 e. The highest BCUT2D eigenvalue weighted by atomic mass is 32.1. The molecule has 20 heavy (non-hydrogen) atoms. The predicted octanol–water partition coefficient (Wildman–Crippen LogP) is 2.42. The van der Waals surface area contributed by atoms with Crippen LogP contribution in [0.2, 0.25) is 0 Å². The molecule has 100 valence electrons. The predicted molar refractivity (Wildman–Crippen MR) is 83.7 cm³/mol. The maximum atomic E-state index is 5.77. The molecule has 0 aliphatic carbocycles. The first kappa shape index (κ1) is 12.7. The van der Waals surface area contributed by atoms with E-state index in [1.54, 1.807) is 12.5 Å². The largest absolute Gasteiger partial charge is 0.389 e. The van der Waals surface area contributed by atoms with Gasteiger partial charge in [-0.1, -0.05) is 42.0 Å². The molecular weight excluding hydrogens is 268 g/mol. The van der Waals surface area contributed by atoms with Gasteiger partial charge in [-0.05, 0) is 12.5 Å². The third kappa shape index (κ3) is 2.28. The van der Waals surface area contributed by atoms with Crippen molar-refractivity contribution >= 4 is 28.2 Å². The lowest BCUT2D eigenvalue weighted by Gasteiger charge is -2.05. The third-order valence-corrected chi connectivity index (χ3v) is 3.46. The fourth-order valence-electron chi connectivity index (χ4n) is 2.35. The molecule has 3 aromatic rings. The molecule has 0 amide bonds. The normalized spacial score (nSPS) is 10.8. The van der Waals surface area contributed by atoms with E-state index in [4.69, 9.17) is 18.0 Å². The Morgan fingerprint density at radius 3 is 3.00 bits per heavy atom. The molecule has 5 heteroatoms. The Kier molecular flexibility index (Phi) is 3.20. The number of aryl methyl sites for hydroxylation is 1. The van der Waals surface area contributed by atoms with Gasteiger partial charge in [0.1, 0.15) is 17.0 Å². The van der Waals surface area contributed by atoms with E-state index in [0.29, 0.717) is 4.99 Å². The van der Waals surface area contributed by atoms with Gasteiger partial charge in [0.05, 0.1) is 0 Å². The minimum atomic E-state index is 0.368. The average molecular weight is 282 g/mol. The minimum Gasteiger partial charge on any atom is -0.389 e. The van der Waals surface area contributed by atoms with Crippen molar-refractivity contribution in [3.63, 3.8) is 0 Å². The number of fused-ring (bicyclic) bond motifs is 1. The van der Waals surface area contributed by atoms with Gasteiger partial charge < -0.3 is 10.3 Å². The van der Waals surface area contributed by atoms with Crippen molar-refractivity contribution in [1.82, 2.24) is 14.5 Å². The average Bonchev–Trinajstić information content (AvgIpc) is 2.78. The van der Waals surface area contributed by atoms with Gasteiger partial charge in [-0.25, -0.2) is 9.97 Å². The Morgan fingerprint density at radius 2 is 2.25 bits per heavy atom. The summed E-state index contributed by atoms with van der Waals surface area (Å²) >= 11 is 5.10. The van der Waals surface area contributed by atoms with Crippen LogP contribution < -0.4 is 5.73 Å². The van der Waals surface area contributed by atoms with Crippen molar-refractivity contribution in [2.75, 3.05) is 0 Å². The van der Waals surface area contributed by atoms with Crippen LogP contribution in [0.3, 0.4) is 0 Å². The quantitative estimate of drug-likeness (QED) is 0.750. The van der Waals surface area contributed by atoms with Gasteiger partial charge in [-0.15, -0.1) is 0 Å². The van der Waals surface area contributed by atoms with Gasteiger partial charge in [0.2, 0.25) is 0 Å². The standard InChI is InChI=1S/C15H14N4S/c1-10-3-2-4-11(5-10)7-19-8-13(14(16)20)12-6-17-9-18-15(12)19/h2-6,8-9H,7H2,1H3,(H2,16,20). The molecule has 0 spiro atoms. The molecule has 0 aliphatic heterocycles. The van der Waals surface area contributed by atoms with Gasteiger partial charge in [0, 0.05) is 29.9 Å². The second kappa shape index (κ2) is 5.02. The Hall–Kier alpha value is -2.27. The molecule has 0 radical (unpaired) electrons. The summed E-state index contributed by atoms with van der Waals surface area (Å²) in [6.45, 7) is 2.82. The molecule has 0 atom stereocenters. The summed E-state index contributed by atoms with van der Waals surface area (Å²) in [6, 6.07) is 8.40. The molecular formula is C15H14N4S. The lowest BCUT2D eigenvalue weighted by atomic mass is 10.1. The minimum absolute atomic E-state index is 0.368. The zero-order valence-electron chi connectivity index (χ0n) is 11.1. The number of nitrogens with two attached hydrogens (primary N) is 1. The number of rotatable bonds is 3. The van der Waals surface area contributed by atoms with Crippen molar-refractivity contribution in [3.8, 4) is 0 Å². The van der Waals surface area contributed by atoms with Crippen LogP contribution >= 0.6 is 12.2 Å². The van der Waals surface area contributed by atoms with Crippen molar-refractivity contribution < 1.29 is 0 Å². The monoisotopic (exact) mass is 282 g/mol. The Balaban J connectivity index is 2.10. The van der Waals surface area contributed by atoms with E-state index >= 15 is 0 Å². The number of hydrogen-bond acceptors (Lipinski definition) is 3. The van der Waals surface area contributed by atoms with Gasteiger partial charge in [-0.2, -0.15) is 0 Å². The van der Waals surface area contributed by atoms with E-state index < -0.39 is 0 Å². The van der Waals surface area contributed by atoms with Crippen molar-refractivity contribution in [2.45, 2.75) is 13.5 Å². The maximum Gasteiger partial charge on any atom is 0.144 e. The molecule has 0 saturated carbocycles. The first-order valence-corrected chi connectivity index (χ1v) is 6.70. The summed E-state index contributed by atoms with van der Waals surface area (Å²) in [5.41, 5.74) is 9.90. The van der Waals surface area contributed by atoms with E-state index in [2.05, 4.69) is 45.7 Å². The van der Waals surface area contributed by atoms with E-state index in [0.717, 1.165) is 23.1 Å². The molecule has 0 unspecified atom stereocenters. The lowest BCUT2D eigenvalue weighted by molar-refractivity contribution is 0.822. The fraction of sp³-hybridized carbons (Fsp3) is 0.133. The summed E-state index contributed by atoms with van der Waals surface area (Å²) in [5.74, 6) is 0. The molecule has 2 N–H and O–H groups in total. The Morgan fingerprint density at radius 1 is 1.40 bits per heavy atom. The molecule has 2 heterocycles. The Bertz CT molecular complexity index is 791. The van der Waals surface area contributed by atoms with Crippen LogP contribution in [0.4, 0.5) is 0 Å². The number of hydrogen-bond donors (Lipinski definition) is 1. The SMILES string of the molecule is Cc1cccc(Cn2cc(C(N)=S)c3cncnc32)c1. The van der Waals surface area contributed by atoms with Crippen molar-refractivity contribution in [2.24, 2.45) is 5.73 Å². The van der Waals surface area contributed by atoms with Gasteiger partial charge >= 0.3 is 0 Å². The van der Waals surface area contributed by atoms with E-state index in [9.17, 15) is 0 Å². The van der Waals surface area contributed by atoms with E-state index in [1.165, 1.54) is 11.1 Å². The number of nitrogens with zero attached hydrogens (tertiary/aromatic N) is 3. The first-order chi connectivity index (χ1) is 9.65. The van der Waals surface area contributed by atoms with Gasteiger partial charge in [-0.3, -0.25) is 0 Å². The molecule has 4 nitrogen and oxygen atoms in total. The van der Waals surface area contributed by atoms with Gasteiger partial charge in [0.25, 0.3) is 0 Å². The summed E-state index contributed by atoms with van der Waals surface area (Å²) in [5, 5.41) is 0.896. The van der Waals surface area contributed by atoms with Crippen LogP contribution in [-0.2, 0) is 6.54 Å². The van der Waals surface area contributed by atoms with Crippen molar-refractivity contribution in [3.05, 3.63) is 59.7 Å². The molecule has 1 aromatic carbocycles. The highest BCUT2D eigenvalue weighted by molar-refractivity contribution is 7.80. The second-order valence-corrected chi connectivity index (χ2v) is 5.22. The van der Waals surface area contributed by atoms with E-state index in [1.807, 2.05) is 6.20 Å². The van der Waals surface area contributed by atoms with Crippen LogP contribution in [0.5, 0.6) is 0 Å². The summed E-state index contributed by atoms with van der Waals surface area (Å²) in [7, 11) is 0. The summed E-state index contributed by atoms with van der Waals surface area (Å²) in [4.78, 5) is 8.76. The van der Waals surface area contributed by atoms with Crippen LogP contribution in [-0.4, -0.2) is 19.5 Å². The number of thiocarbonyl (C=S) groups is 1. The first-order valence-electron chi connectivity index (χ1n) is 6.29. The highest BCUT2D eigenvalue weighted by Gasteiger charge is 2.11. The van der Waals surface area contributed by atoms with Crippen molar-refractivity contribution in [1.29, 1.82) is 0 Å². The van der Waals surface area contributed by atoms with Crippen LogP contribution in [0.25, 0.3) is 11.0 Å². The summed E-state index contributed by atoms with van der Waals surface area (Å²) < 4.78 is 2.06. The van der Waals surface area contributed by atoms with E-state index in [-0.39, 0.29) is 0 Å². The molecule has 0 fully saturated rings. The molecule has 0 bridgehead atoms. The third-order valence-electron chi connectivity index (χ3n) is 3.24. The zero-order chi connectivity index (χ0) is 14.1. The Labute approximate surface area is 122 Å². The highest BCUT2D eigenvalue weighted by Crippen LogP contribution is 2.20. The van der Waals surface area contributed by atoms with Crippen LogP contribution in [0.1, 0.15) is 16.7 Å².